The lowest BCUT2D eigenvalue weighted by atomic mass is 10.0. The fourth-order valence-electron chi connectivity index (χ4n) is 2.31. The second-order valence-corrected chi connectivity index (χ2v) is 5.15. The van der Waals surface area contributed by atoms with E-state index >= 15 is 0 Å². The summed E-state index contributed by atoms with van der Waals surface area (Å²) in [6.07, 6.45) is 3.41. The molecule has 0 aliphatic rings. The summed E-state index contributed by atoms with van der Waals surface area (Å²) >= 11 is 6.04. The molecule has 0 amide bonds. The summed E-state index contributed by atoms with van der Waals surface area (Å²) in [6.45, 7) is 0. The largest absolute Gasteiger partial charge is 0.289 e. The molecule has 21 heavy (non-hydrogen) atoms. The van der Waals surface area contributed by atoms with Gasteiger partial charge in [-0.3, -0.25) is 4.79 Å². The third-order valence-electron chi connectivity index (χ3n) is 3.38. The molecule has 3 rings (SSSR count). The van der Waals surface area contributed by atoms with Crippen LogP contribution >= 0.6 is 11.6 Å². The van der Waals surface area contributed by atoms with E-state index in [9.17, 15) is 4.79 Å². The van der Waals surface area contributed by atoms with Crippen molar-refractivity contribution >= 4 is 34.2 Å². The standard InChI is InChI=1S/C19H13ClO/c20-18-11-4-3-10-17(18)19(21)13-12-15-8-5-7-14-6-1-2-9-16(14)15/h1-13H/b13-12-. The Morgan fingerprint density at radius 2 is 1.57 bits per heavy atom. The van der Waals surface area contributed by atoms with Crippen molar-refractivity contribution in [1.82, 2.24) is 0 Å². The molecule has 0 spiro atoms. The highest BCUT2D eigenvalue weighted by atomic mass is 35.5. The van der Waals surface area contributed by atoms with Gasteiger partial charge in [0.15, 0.2) is 5.78 Å². The van der Waals surface area contributed by atoms with Gasteiger partial charge in [0.05, 0.1) is 5.02 Å². The molecule has 2 heteroatoms. The van der Waals surface area contributed by atoms with Crippen molar-refractivity contribution in [3.8, 4) is 0 Å². The van der Waals surface area contributed by atoms with Crippen LogP contribution in [0.5, 0.6) is 0 Å². The highest BCUT2D eigenvalue weighted by Crippen LogP contribution is 2.21. The Balaban J connectivity index is 1.95. The van der Waals surface area contributed by atoms with E-state index in [1.54, 1.807) is 18.2 Å². The molecule has 0 radical (unpaired) electrons. The fourth-order valence-corrected chi connectivity index (χ4v) is 2.54. The van der Waals surface area contributed by atoms with Crippen LogP contribution in [0.15, 0.2) is 72.8 Å². The maximum absolute atomic E-state index is 12.2. The number of allylic oxidation sites excluding steroid dienone is 1. The molecule has 0 aromatic heterocycles. The summed E-state index contributed by atoms with van der Waals surface area (Å²) in [6, 6.07) is 21.2. The van der Waals surface area contributed by atoms with E-state index in [4.69, 9.17) is 11.6 Å². The number of hydrogen-bond acceptors (Lipinski definition) is 1. The number of carbonyl (C=O) groups is 1. The van der Waals surface area contributed by atoms with Crippen LogP contribution in [0.1, 0.15) is 15.9 Å². The first-order valence-corrected chi connectivity index (χ1v) is 7.08. The van der Waals surface area contributed by atoms with Crippen molar-refractivity contribution in [2.45, 2.75) is 0 Å². The Hall–Kier alpha value is -2.38. The molecule has 3 aromatic rings. The monoisotopic (exact) mass is 292 g/mol. The molecule has 0 unspecified atom stereocenters. The van der Waals surface area contributed by atoms with Crippen molar-refractivity contribution < 1.29 is 4.79 Å². The number of benzene rings is 3. The summed E-state index contributed by atoms with van der Waals surface area (Å²) in [4.78, 5) is 12.2. The Morgan fingerprint density at radius 3 is 2.43 bits per heavy atom. The van der Waals surface area contributed by atoms with Crippen molar-refractivity contribution in [2.75, 3.05) is 0 Å². The molecule has 0 N–H and O–H groups in total. The molecule has 0 bridgehead atoms. The molecule has 0 aliphatic carbocycles. The van der Waals surface area contributed by atoms with E-state index in [0.717, 1.165) is 16.3 Å². The van der Waals surface area contributed by atoms with Crippen LogP contribution in [0.25, 0.3) is 16.8 Å². The fraction of sp³-hybridized carbons (Fsp3) is 0. The van der Waals surface area contributed by atoms with E-state index in [-0.39, 0.29) is 5.78 Å². The molecular weight excluding hydrogens is 280 g/mol. The van der Waals surface area contributed by atoms with E-state index < -0.39 is 0 Å². The van der Waals surface area contributed by atoms with Gasteiger partial charge in [-0.1, -0.05) is 72.3 Å². The van der Waals surface area contributed by atoms with E-state index in [1.165, 1.54) is 0 Å². The van der Waals surface area contributed by atoms with Gasteiger partial charge in [0.2, 0.25) is 0 Å². The van der Waals surface area contributed by atoms with E-state index in [2.05, 4.69) is 18.2 Å². The molecule has 0 saturated carbocycles. The predicted octanol–water partition coefficient (Wildman–Crippen LogP) is 5.39. The van der Waals surface area contributed by atoms with E-state index in [1.807, 2.05) is 42.5 Å². The van der Waals surface area contributed by atoms with Crippen LogP contribution < -0.4 is 0 Å². The van der Waals surface area contributed by atoms with E-state index in [0.29, 0.717) is 10.6 Å². The summed E-state index contributed by atoms with van der Waals surface area (Å²) in [7, 11) is 0. The molecule has 0 fully saturated rings. The number of halogens is 1. The predicted molar refractivity (Wildman–Crippen MR) is 88.8 cm³/mol. The van der Waals surface area contributed by atoms with Gasteiger partial charge in [-0.05, 0) is 34.5 Å². The Labute approximate surface area is 128 Å². The molecule has 1 nitrogen and oxygen atoms in total. The average molecular weight is 293 g/mol. The van der Waals surface area contributed by atoms with Crippen LogP contribution in [0.4, 0.5) is 0 Å². The normalized spacial score (nSPS) is 11.1. The zero-order valence-electron chi connectivity index (χ0n) is 11.3. The number of ketones is 1. The van der Waals surface area contributed by atoms with Crippen LogP contribution in [-0.4, -0.2) is 5.78 Å². The van der Waals surface area contributed by atoms with Gasteiger partial charge in [0.25, 0.3) is 0 Å². The third kappa shape index (κ3) is 2.88. The van der Waals surface area contributed by atoms with Gasteiger partial charge >= 0.3 is 0 Å². The minimum atomic E-state index is -0.0893. The molecule has 0 heterocycles. The van der Waals surface area contributed by atoms with Gasteiger partial charge in [0, 0.05) is 5.56 Å². The second-order valence-electron chi connectivity index (χ2n) is 4.75. The topological polar surface area (TPSA) is 17.1 Å². The number of rotatable bonds is 3. The quantitative estimate of drug-likeness (QED) is 0.467. The van der Waals surface area contributed by atoms with Crippen molar-refractivity contribution in [2.24, 2.45) is 0 Å². The van der Waals surface area contributed by atoms with Gasteiger partial charge in [-0.2, -0.15) is 0 Å². The summed E-state index contributed by atoms with van der Waals surface area (Å²) in [5, 5.41) is 2.76. The number of hydrogen-bond donors (Lipinski definition) is 0. The average Bonchev–Trinajstić information content (AvgIpc) is 2.53. The first-order valence-electron chi connectivity index (χ1n) is 6.70. The zero-order valence-corrected chi connectivity index (χ0v) is 12.0. The lowest BCUT2D eigenvalue weighted by Crippen LogP contribution is -1.94. The lowest BCUT2D eigenvalue weighted by Gasteiger charge is -2.02. The third-order valence-corrected chi connectivity index (χ3v) is 3.71. The number of fused-ring (bicyclic) bond motifs is 1. The zero-order chi connectivity index (χ0) is 14.7. The Kier molecular flexibility index (Phi) is 3.85. The molecular formula is C19H13ClO. The smallest absolute Gasteiger partial charge is 0.187 e. The maximum Gasteiger partial charge on any atom is 0.187 e. The highest BCUT2D eigenvalue weighted by Gasteiger charge is 2.06. The van der Waals surface area contributed by atoms with Crippen LogP contribution in [0, 0.1) is 0 Å². The van der Waals surface area contributed by atoms with Crippen molar-refractivity contribution in [3.05, 3.63) is 89.0 Å². The molecule has 102 valence electrons. The minimum Gasteiger partial charge on any atom is -0.289 e. The molecule has 3 aromatic carbocycles. The van der Waals surface area contributed by atoms with Crippen molar-refractivity contribution in [1.29, 1.82) is 0 Å². The van der Waals surface area contributed by atoms with Crippen molar-refractivity contribution in [3.63, 3.8) is 0 Å². The second kappa shape index (κ2) is 5.94. The number of carbonyl (C=O) groups excluding carboxylic acids is 1. The molecule has 0 atom stereocenters. The van der Waals surface area contributed by atoms with Crippen LogP contribution in [-0.2, 0) is 0 Å². The first kappa shape index (κ1) is 13.6. The highest BCUT2D eigenvalue weighted by molar-refractivity contribution is 6.34. The van der Waals surface area contributed by atoms with Gasteiger partial charge in [-0.25, -0.2) is 0 Å². The van der Waals surface area contributed by atoms with Crippen LogP contribution in [0.2, 0.25) is 5.02 Å². The lowest BCUT2D eigenvalue weighted by molar-refractivity contribution is 0.104. The van der Waals surface area contributed by atoms with Gasteiger partial charge in [0.1, 0.15) is 0 Å². The molecule has 0 aliphatic heterocycles. The summed E-state index contributed by atoms with van der Waals surface area (Å²) in [5.41, 5.74) is 1.55. The van der Waals surface area contributed by atoms with Crippen LogP contribution in [0.3, 0.4) is 0 Å². The summed E-state index contributed by atoms with van der Waals surface area (Å²) < 4.78 is 0. The molecule has 0 saturated heterocycles. The minimum absolute atomic E-state index is 0.0893. The SMILES string of the molecule is O=C(/C=C\c1cccc2ccccc12)c1ccccc1Cl. The van der Waals surface area contributed by atoms with Gasteiger partial charge < -0.3 is 0 Å². The van der Waals surface area contributed by atoms with Gasteiger partial charge in [-0.15, -0.1) is 0 Å². The summed E-state index contributed by atoms with van der Waals surface area (Å²) in [5.74, 6) is -0.0893. The Bertz CT molecular complexity index is 828. The Morgan fingerprint density at radius 1 is 0.857 bits per heavy atom. The maximum atomic E-state index is 12.2. The first-order chi connectivity index (χ1) is 10.3.